The minimum atomic E-state index is -0.562. The summed E-state index contributed by atoms with van der Waals surface area (Å²) < 4.78 is 3.97. The van der Waals surface area contributed by atoms with Gasteiger partial charge in [0, 0.05) is 13.8 Å². The number of esters is 2. The molecule has 0 N–H and O–H groups in total. The van der Waals surface area contributed by atoms with Crippen LogP contribution >= 0.6 is 0 Å². The largest absolute Gasteiger partial charge is 2.00 e. The SMILES string of the molecule is CC(=O)OC(C)=O.[H-].[H-].[H-].[K+].[Mg+2]. The van der Waals surface area contributed by atoms with E-state index in [2.05, 4.69) is 4.74 Å². The molecule has 0 aromatic carbocycles. The van der Waals surface area contributed by atoms with Gasteiger partial charge >= 0.3 is 86.4 Å². The molecule has 0 radical (unpaired) electrons. The molecule has 0 spiro atoms. The smallest absolute Gasteiger partial charge is 1.00 e. The van der Waals surface area contributed by atoms with Crippen molar-refractivity contribution in [3.8, 4) is 0 Å². The minimum Gasteiger partial charge on any atom is -1.00 e. The zero-order chi connectivity index (χ0) is 5.86. The van der Waals surface area contributed by atoms with Crippen molar-refractivity contribution in [2.75, 3.05) is 0 Å². The molecule has 0 aliphatic heterocycles. The second-order valence-corrected chi connectivity index (χ2v) is 1.09. The maximum atomic E-state index is 9.81. The van der Waals surface area contributed by atoms with Gasteiger partial charge in [0.1, 0.15) is 0 Å². The number of carbonyl (C=O) groups excluding carboxylic acids is 2. The minimum absolute atomic E-state index is 0. The molecule has 0 aliphatic rings. The molecule has 0 amide bonds. The average Bonchev–Trinajstić information content (AvgIpc) is 1.27. The Morgan fingerprint density at radius 2 is 1.44 bits per heavy atom. The van der Waals surface area contributed by atoms with Gasteiger partial charge in [-0.05, 0) is 0 Å². The van der Waals surface area contributed by atoms with E-state index in [-0.39, 0.29) is 78.7 Å². The molecule has 0 aromatic rings. The first-order valence-corrected chi connectivity index (χ1v) is 1.82. The van der Waals surface area contributed by atoms with Crippen LogP contribution in [0.4, 0.5) is 0 Å². The number of carbonyl (C=O) groups is 2. The van der Waals surface area contributed by atoms with Crippen molar-refractivity contribution in [2.24, 2.45) is 0 Å². The van der Waals surface area contributed by atoms with Crippen LogP contribution in [0.3, 0.4) is 0 Å². The van der Waals surface area contributed by atoms with Crippen LogP contribution < -0.4 is 51.4 Å². The van der Waals surface area contributed by atoms with E-state index in [1.165, 1.54) is 13.8 Å². The Balaban J connectivity index is -0.0000000180. The van der Waals surface area contributed by atoms with Crippen LogP contribution in [0.5, 0.6) is 0 Å². The standard InChI is InChI=1S/C4H6O3.K.Mg.3H/c1-3(5)7-4(2)6;;;;;/h1-2H3;;;;;/q;+1;+2;3*-1. The fourth-order valence-electron chi connectivity index (χ4n) is 0.202. The molecule has 3 nitrogen and oxygen atoms in total. The molecule has 46 valence electrons. The summed E-state index contributed by atoms with van der Waals surface area (Å²) in [6.07, 6.45) is 0. The van der Waals surface area contributed by atoms with E-state index in [0.717, 1.165) is 0 Å². The predicted molar refractivity (Wildman–Crippen MR) is 31.5 cm³/mol. The average molecular weight is 169 g/mol. The van der Waals surface area contributed by atoms with Gasteiger partial charge in [0.05, 0.1) is 0 Å². The molecule has 0 fully saturated rings. The molecule has 0 saturated heterocycles. The van der Waals surface area contributed by atoms with E-state index in [1.807, 2.05) is 0 Å². The molecule has 9 heavy (non-hydrogen) atoms. The van der Waals surface area contributed by atoms with Crippen LogP contribution in [0.15, 0.2) is 0 Å². The third-order valence-corrected chi connectivity index (χ3v) is 0.287. The maximum Gasteiger partial charge on any atom is 2.00 e. The fraction of sp³-hybridized carbons (Fsp3) is 0.500. The second-order valence-electron chi connectivity index (χ2n) is 1.09. The van der Waals surface area contributed by atoms with Crippen molar-refractivity contribution < 1.29 is 70.0 Å². The first kappa shape index (κ1) is 16.9. The van der Waals surface area contributed by atoms with Crippen LogP contribution in [-0.2, 0) is 14.3 Å². The van der Waals surface area contributed by atoms with Crippen LogP contribution in [-0.4, -0.2) is 35.0 Å². The normalized spacial score (nSPS) is 6.00. The van der Waals surface area contributed by atoms with Crippen molar-refractivity contribution in [3.63, 3.8) is 0 Å². The molecule has 0 aromatic heterocycles. The molecule has 0 unspecified atom stereocenters. The van der Waals surface area contributed by atoms with Crippen molar-refractivity contribution in [1.29, 1.82) is 0 Å². The summed E-state index contributed by atoms with van der Waals surface area (Å²) in [4.78, 5) is 19.6. The Bertz CT molecular complexity index is 102. The maximum absolute atomic E-state index is 9.81. The molecule has 0 bridgehead atoms. The molecule has 0 rings (SSSR count). The molecule has 0 saturated carbocycles. The number of ether oxygens (including phenoxy) is 1. The van der Waals surface area contributed by atoms with E-state index in [9.17, 15) is 9.59 Å². The van der Waals surface area contributed by atoms with Crippen LogP contribution in [0.1, 0.15) is 18.1 Å². The van der Waals surface area contributed by atoms with E-state index in [1.54, 1.807) is 0 Å². The molecular weight excluding hydrogens is 159 g/mol. The Labute approximate surface area is 117 Å². The topological polar surface area (TPSA) is 43.4 Å². The van der Waals surface area contributed by atoms with Gasteiger partial charge in [0.15, 0.2) is 0 Å². The third-order valence-electron chi connectivity index (χ3n) is 0.287. The Morgan fingerprint density at radius 1 is 1.22 bits per heavy atom. The molecule has 0 heterocycles. The first-order chi connectivity index (χ1) is 3.13. The van der Waals surface area contributed by atoms with Gasteiger partial charge < -0.3 is 9.02 Å². The van der Waals surface area contributed by atoms with Gasteiger partial charge in [-0.1, -0.05) is 0 Å². The van der Waals surface area contributed by atoms with Gasteiger partial charge in [-0.2, -0.15) is 0 Å². The quantitative estimate of drug-likeness (QED) is 0.221. The van der Waals surface area contributed by atoms with Crippen molar-refractivity contribution in [2.45, 2.75) is 13.8 Å². The van der Waals surface area contributed by atoms with E-state index >= 15 is 0 Å². The Hall–Kier alpha value is 1.54. The second kappa shape index (κ2) is 9.54. The van der Waals surface area contributed by atoms with Crippen molar-refractivity contribution >= 4 is 35.0 Å². The summed E-state index contributed by atoms with van der Waals surface area (Å²) in [5.74, 6) is -1.12. The number of rotatable bonds is 0. The van der Waals surface area contributed by atoms with Crippen LogP contribution in [0.2, 0.25) is 0 Å². The zero-order valence-electron chi connectivity index (χ0n) is 8.93. The summed E-state index contributed by atoms with van der Waals surface area (Å²) in [5, 5.41) is 0. The third kappa shape index (κ3) is 17.7. The monoisotopic (exact) mass is 168 g/mol. The van der Waals surface area contributed by atoms with Crippen molar-refractivity contribution in [1.82, 2.24) is 0 Å². The number of hydrogen-bond donors (Lipinski definition) is 0. The van der Waals surface area contributed by atoms with Gasteiger partial charge in [-0.25, -0.2) is 0 Å². The zero-order valence-corrected chi connectivity index (χ0v) is 10.5. The summed E-state index contributed by atoms with van der Waals surface area (Å²) in [7, 11) is 0. The Morgan fingerprint density at radius 3 is 1.44 bits per heavy atom. The molecular formula is C4H9KMgO3. The van der Waals surface area contributed by atoms with Gasteiger partial charge in [-0.15, -0.1) is 0 Å². The molecule has 0 atom stereocenters. The molecule has 0 aliphatic carbocycles. The fourth-order valence-corrected chi connectivity index (χ4v) is 0.202. The van der Waals surface area contributed by atoms with Gasteiger partial charge in [0.2, 0.25) is 0 Å². The number of hydrogen-bond acceptors (Lipinski definition) is 3. The summed E-state index contributed by atoms with van der Waals surface area (Å²) in [5.41, 5.74) is 0. The van der Waals surface area contributed by atoms with Gasteiger partial charge in [-0.3, -0.25) is 9.59 Å². The summed E-state index contributed by atoms with van der Waals surface area (Å²) >= 11 is 0. The summed E-state index contributed by atoms with van der Waals surface area (Å²) in [6, 6.07) is 0. The Kier molecular flexibility index (Phi) is 17.9. The summed E-state index contributed by atoms with van der Waals surface area (Å²) in [6.45, 7) is 2.36. The van der Waals surface area contributed by atoms with Gasteiger partial charge in [0.25, 0.3) is 0 Å². The van der Waals surface area contributed by atoms with E-state index in [4.69, 9.17) is 0 Å². The molecule has 5 heteroatoms. The van der Waals surface area contributed by atoms with Crippen molar-refractivity contribution in [3.05, 3.63) is 0 Å². The van der Waals surface area contributed by atoms with Crippen LogP contribution in [0.25, 0.3) is 0 Å². The predicted octanol–water partition coefficient (Wildman–Crippen LogP) is -2.94. The van der Waals surface area contributed by atoms with E-state index in [0.29, 0.717) is 0 Å². The first-order valence-electron chi connectivity index (χ1n) is 1.82. The van der Waals surface area contributed by atoms with E-state index < -0.39 is 11.9 Å². The van der Waals surface area contributed by atoms with Crippen LogP contribution in [0, 0.1) is 0 Å².